The van der Waals surface area contributed by atoms with Gasteiger partial charge in [0.05, 0.1) is 17.6 Å². The van der Waals surface area contributed by atoms with E-state index in [4.69, 9.17) is 4.74 Å². The predicted octanol–water partition coefficient (Wildman–Crippen LogP) is 4.17. The van der Waals surface area contributed by atoms with E-state index in [1.165, 1.54) is 4.90 Å². The van der Waals surface area contributed by atoms with Gasteiger partial charge in [-0.3, -0.25) is 19.3 Å². The van der Waals surface area contributed by atoms with Crippen LogP contribution in [-0.4, -0.2) is 41.7 Å². The fourth-order valence-electron chi connectivity index (χ4n) is 4.82. The number of piperidine rings is 1. The monoisotopic (exact) mass is 442 g/mol. The van der Waals surface area contributed by atoms with Crippen molar-refractivity contribution in [3.05, 3.63) is 29.8 Å². The molecule has 0 spiro atoms. The van der Waals surface area contributed by atoms with Crippen molar-refractivity contribution < 1.29 is 23.9 Å². The molecule has 0 radical (unpaired) electrons. The summed E-state index contributed by atoms with van der Waals surface area (Å²) < 4.78 is 5.17. The highest BCUT2D eigenvalue weighted by Gasteiger charge is 2.64. The van der Waals surface area contributed by atoms with Crippen LogP contribution >= 0.6 is 0 Å². The van der Waals surface area contributed by atoms with Crippen molar-refractivity contribution in [3.8, 4) is 0 Å². The highest BCUT2D eigenvalue weighted by molar-refractivity contribution is 6.03. The van der Waals surface area contributed by atoms with Gasteiger partial charge in [0.15, 0.2) is 0 Å². The minimum Gasteiger partial charge on any atom is -0.462 e. The Morgan fingerprint density at radius 2 is 1.81 bits per heavy atom. The molecule has 1 N–H and O–H groups in total. The maximum absolute atomic E-state index is 13.0. The summed E-state index contributed by atoms with van der Waals surface area (Å²) in [5.74, 6) is -0.918. The van der Waals surface area contributed by atoms with Crippen molar-refractivity contribution in [2.45, 2.75) is 66.2 Å². The van der Waals surface area contributed by atoms with Crippen LogP contribution in [0.1, 0.15) is 76.6 Å². The highest BCUT2D eigenvalue weighted by atomic mass is 16.5. The topological polar surface area (TPSA) is 92.8 Å². The van der Waals surface area contributed by atoms with Gasteiger partial charge in [-0.1, -0.05) is 34.1 Å². The van der Waals surface area contributed by atoms with E-state index in [2.05, 4.69) is 5.32 Å². The summed E-state index contributed by atoms with van der Waals surface area (Å²) in [6, 6.07) is 6.56. The summed E-state index contributed by atoms with van der Waals surface area (Å²) in [5.41, 5.74) is 0.168. The van der Waals surface area contributed by atoms with Gasteiger partial charge in [-0.15, -0.1) is 0 Å². The molecule has 3 rings (SSSR count). The number of imide groups is 1. The number of unbranched alkanes of at least 4 members (excludes halogenated alkanes) is 1. The molecular weight excluding hydrogens is 408 g/mol. The molecule has 1 aliphatic carbocycles. The van der Waals surface area contributed by atoms with E-state index in [0.29, 0.717) is 24.3 Å². The van der Waals surface area contributed by atoms with E-state index in [0.717, 1.165) is 25.7 Å². The third-order valence-electron chi connectivity index (χ3n) is 7.43. The van der Waals surface area contributed by atoms with E-state index >= 15 is 0 Å². The van der Waals surface area contributed by atoms with Crippen molar-refractivity contribution in [2.24, 2.45) is 16.7 Å². The first-order valence-corrected chi connectivity index (χ1v) is 11.5. The third kappa shape index (κ3) is 4.43. The lowest BCUT2D eigenvalue weighted by atomic mass is 9.62. The Morgan fingerprint density at radius 1 is 1.12 bits per heavy atom. The lowest BCUT2D eigenvalue weighted by Gasteiger charge is -2.47. The van der Waals surface area contributed by atoms with E-state index in [1.807, 2.05) is 27.7 Å². The molecule has 7 nitrogen and oxygen atoms in total. The number of anilines is 1. The Kier molecular flexibility index (Phi) is 7.06. The van der Waals surface area contributed by atoms with Crippen molar-refractivity contribution in [1.82, 2.24) is 4.90 Å². The molecule has 1 saturated heterocycles. The largest absolute Gasteiger partial charge is 0.462 e. The van der Waals surface area contributed by atoms with Gasteiger partial charge in [0.2, 0.25) is 17.7 Å². The molecular formula is C25H34N2O5. The van der Waals surface area contributed by atoms with Gasteiger partial charge in [0, 0.05) is 24.6 Å². The van der Waals surface area contributed by atoms with Crippen LogP contribution in [0.5, 0.6) is 0 Å². The first-order chi connectivity index (χ1) is 15.1. The Morgan fingerprint density at radius 3 is 2.47 bits per heavy atom. The van der Waals surface area contributed by atoms with Gasteiger partial charge >= 0.3 is 5.97 Å². The zero-order chi connectivity index (χ0) is 23.5. The number of ether oxygens (including phenoxy) is 1. The van der Waals surface area contributed by atoms with Crippen molar-refractivity contribution in [2.75, 3.05) is 18.5 Å². The van der Waals surface area contributed by atoms with E-state index < -0.39 is 5.41 Å². The maximum Gasteiger partial charge on any atom is 0.338 e. The smallest absolute Gasteiger partial charge is 0.338 e. The summed E-state index contributed by atoms with van der Waals surface area (Å²) in [4.78, 5) is 51.5. The Bertz CT molecular complexity index is 892. The van der Waals surface area contributed by atoms with E-state index in [9.17, 15) is 19.2 Å². The van der Waals surface area contributed by atoms with E-state index in [1.54, 1.807) is 24.3 Å². The van der Waals surface area contributed by atoms with Crippen molar-refractivity contribution >= 4 is 29.4 Å². The number of carbonyl (C=O) groups is 4. The number of fused-ring (bicyclic) bond motifs is 2. The number of likely N-dealkylation sites (tertiary alicyclic amines) is 1. The molecule has 174 valence electrons. The SMILES string of the molecule is CCCCOC(=O)c1ccc(NC(=O)CCCN2C(=O)C3CCC(C)(C2=O)C3(C)C)cc1. The average Bonchev–Trinajstić information content (AvgIpc) is 2.94. The number of hydrogen-bond donors (Lipinski definition) is 1. The van der Waals surface area contributed by atoms with Gasteiger partial charge in [0.25, 0.3) is 0 Å². The number of amides is 3. The third-order valence-corrected chi connectivity index (χ3v) is 7.43. The zero-order valence-electron chi connectivity index (χ0n) is 19.5. The van der Waals surface area contributed by atoms with Crippen LogP contribution in [0.2, 0.25) is 0 Å². The van der Waals surface area contributed by atoms with Crippen LogP contribution in [0.3, 0.4) is 0 Å². The number of nitrogens with zero attached hydrogens (tertiary/aromatic N) is 1. The van der Waals surface area contributed by atoms with Crippen LogP contribution in [-0.2, 0) is 19.1 Å². The van der Waals surface area contributed by atoms with Crippen LogP contribution in [0.4, 0.5) is 5.69 Å². The molecule has 2 atom stereocenters. The molecule has 1 aliphatic heterocycles. The molecule has 2 unspecified atom stereocenters. The van der Waals surface area contributed by atoms with Crippen molar-refractivity contribution in [3.63, 3.8) is 0 Å². The summed E-state index contributed by atoms with van der Waals surface area (Å²) >= 11 is 0. The van der Waals surface area contributed by atoms with Crippen LogP contribution in [0.15, 0.2) is 24.3 Å². The molecule has 7 heteroatoms. The first kappa shape index (κ1) is 24.0. The Labute approximate surface area is 189 Å². The van der Waals surface area contributed by atoms with Crippen LogP contribution < -0.4 is 5.32 Å². The first-order valence-electron chi connectivity index (χ1n) is 11.5. The molecule has 2 fully saturated rings. The molecule has 2 bridgehead atoms. The zero-order valence-corrected chi connectivity index (χ0v) is 19.5. The average molecular weight is 443 g/mol. The molecule has 1 aromatic carbocycles. The minimum absolute atomic E-state index is 0.100. The maximum atomic E-state index is 13.0. The lowest BCUT2D eigenvalue weighted by Crippen LogP contribution is -2.59. The summed E-state index contributed by atoms with van der Waals surface area (Å²) in [6.45, 7) is 8.68. The van der Waals surface area contributed by atoms with E-state index in [-0.39, 0.29) is 48.0 Å². The molecule has 0 aromatic heterocycles. The van der Waals surface area contributed by atoms with Gasteiger partial charge < -0.3 is 10.1 Å². The lowest BCUT2D eigenvalue weighted by molar-refractivity contribution is -0.168. The minimum atomic E-state index is -0.521. The highest BCUT2D eigenvalue weighted by Crippen LogP contribution is 2.60. The summed E-state index contributed by atoms with van der Waals surface area (Å²) in [6.07, 6.45) is 3.86. The molecule has 1 aromatic rings. The Balaban J connectivity index is 1.48. The number of benzene rings is 1. The standard InChI is InChI=1S/C25H34N2O5/c1-5-6-16-32-22(30)17-9-11-18(12-10-17)26-20(28)8-7-15-27-21(29)19-13-14-25(4,23(27)31)24(19,2)3/h9-12,19H,5-8,13-16H2,1-4H3,(H,26,28). The number of rotatable bonds is 9. The van der Waals surface area contributed by atoms with Crippen molar-refractivity contribution in [1.29, 1.82) is 0 Å². The molecule has 1 heterocycles. The van der Waals surface area contributed by atoms with Crippen LogP contribution in [0.25, 0.3) is 0 Å². The second-order valence-corrected chi connectivity index (χ2v) is 9.66. The molecule has 32 heavy (non-hydrogen) atoms. The number of esters is 1. The number of hydrogen-bond acceptors (Lipinski definition) is 5. The van der Waals surface area contributed by atoms with Gasteiger partial charge in [-0.05, 0) is 55.4 Å². The van der Waals surface area contributed by atoms with Gasteiger partial charge in [-0.25, -0.2) is 4.79 Å². The quantitative estimate of drug-likeness (QED) is 0.352. The number of carbonyl (C=O) groups excluding carboxylic acids is 4. The normalized spacial score (nSPS) is 23.9. The van der Waals surface area contributed by atoms with Gasteiger partial charge in [-0.2, -0.15) is 0 Å². The molecule has 2 aliphatic rings. The second-order valence-electron chi connectivity index (χ2n) is 9.66. The fourth-order valence-corrected chi connectivity index (χ4v) is 4.82. The summed E-state index contributed by atoms with van der Waals surface area (Å²) in [7, 11) is 0. The Hall–Kier alpha value is -2.70. The molecule has 1 saturated carbocycles. The summed E-state index contributed by atoms with van der Waals surface area (Å²) in [5, 5.41) is 2.79. The predicted molar refractivity (Wildman–Crippen MR) is 121 cm³/mol. The van der Waals surface area contributed by atoms with Gasteiger partial charge in [0.1, 0.15) is 0 Å². The number of nitrogens with one attached hydrogen (secondary N) is 1. The fraction of sp³-hybridized carbons (Fsp3) is 0.600. The molecule has 3 amide bonds. The second kappa shape index (κ2) is 9.43. The van der Waals surface area contributed by atoms with Crippen LogP contribution in [0, 0.1) is 16.7 Å².